The molecule has 1 aliphatic carbocycles. The Kier molecular flexibility index (Phi) is 5.81. The molecule has 2 aromatic heterocycles. The zero-order chi connectivity index (χ0) is 22.8. The quantitative estimate of drug-likeness (QED) is 0.629. The number of rotatable bonds is 6. The fraction of sp³-hybridized carbons (Fsp3) is 0.360. The molecule has 0 radical (unpaired) electrons. The van der Waals surface area contributed by atoms with E-state index >= 15 is 0 Å². The summed E-state index contributed by atoms with van der Waals surface area (Å²) in [7, 11) is 3.73. The van der Waals surface area contributed by atoms with Crippen molar-refractivity contribution in [2.24, 2.45) is 7.05 Å². The molecule has 0 atom stereocenters. The molecule has 1 aromatic carbocycles. The van der Waals surface area contributed by atoms with Crippen molar-refractivity contribution in [2.45, 2.75) is 25.7 Å². The largest absolute Gasteiger partial charge is 0.497 e. The fourth-order valence-electron chi connectivity index (χ4n) is 4.41. The van der Waals surface area contributed by atoms with Crippen LogP contribution in [-0.2, 0) is 29.4 Å². The van der Waals surface area contributed by atoms with Crippen LogP contribution in [0, 0.1) is 0 Å². The van der Waals surface area contributed by atoms with Gasteiger partial charge in [0.05, 0.1) is 24.9 Å². The topological polar surface area (TPSA) is 85.2 Å². The van der Waals surface area contributed by atoms with Crippen LogP contribution < -0.4 is 10.2 Å². The predicted octanol–water partition coefficient (Wildman–Crippen LogP) is 2.79. The van der Waals surface area contributed by atoms with Crippen molar-refractivity contribution < 1.29 is 9.53 Å². The molecule has 8 nitrogen and oxygen atoms in total. The number of imidazole rings is 1. The number of amides is 1. The summed E-state index contributed by atoms with van der Waals surface area (Å²) < 4.78 is 7.47. The van der Waals surface area contributed by atoms with Crippen molar-refractivity contribution in [3.63, 3.8) is 0 Å². The first-order valence-electron chi connectivity index (χ1n) is 11.4. The van der Waals surface area contributed by atoms with Gasteiger partial charge in [-0.3, -0.25) is 4.79 Å². The van der Waals surface area contributed by atoms with Crippen LogP contribution in [0.15, 0.2) is 48.4 Å². The minimum atomic E-state index is 0.0227. The first kappa shape index (κ1) is 21.2. The Bertz CT molecular complexity index is 1260. The van der Waals surface area contributed by atoms with E-state index in [1.165, 1.54) is 5.57 Å². The van der Waals surface area contributed by atoms with Gasteiger partial charge < -0.3 is 19.5 Å². The number of carbonyl (C=O) groups is 1. The van der Waals surface area contributed by atoms with Gasteiger partial charge in [-0.1, -0.05) is 12.1 Å². The summed E-state index contributed by atoms with van der Waals surface area (Å²) in [6.07, 6.45) is 9.59. The number of methoxy groups -OCH3 is 1. The van der Waals surface area contributed by atoms with Crippen LogP contribution in [0.4, 0.5) is 5.82 Å². The first-order chi connectivity index (χ1) is 16.1. The molecule has 1 saturated heterocycles. The molecule has 0 bridgehead atoms. The Morgan fingerprint density at radius 2 is 2.03 bits per heavy atom. The van der Waals surface area contributed by atoms with Gasteiger partial charge in [-0.15, -0.1) is 0 Å². The number of fused-ring (bicyclic) bond motifs is 1. The van der Waals surface area contributed by atoms with E-state index in [0.717, 1.165) is 65.6 Å². The second kappa shape index (κ2) is 9.05. The average molecular weight is 445 g/mol. The Hall–Kier alpha value is -3.68. The maximum absolute atomic E-state index is 12.0. The van der Waals surface area contributed by atoms with E-state index in [4.69, 9.17) is 19.7 Å². The SMILES string of the molecule is COC1=CCCC(c2cn(C)c(CCc3nc(N4CCNC(=O)C4)c4ccccc4n3)n2)=C1. The monoisotopic (exact) mass is 444 g/mol. The third-order valence-electron chi connectivity index (χ3n) is 6.15. The Morgan fingerprint density at radius 1 is 1.15 bits per heavy atom. The maximum Gasteiger partial charge on any atom is 0.239 e. The van der Waals surface area contributed by atoms with E-state index < -0.39 is 0 Å². The third-order valence-corrected chi connectivity index (χ3v) is 6.15. The highest BCUT2D eigenvalue weighted by atomic mass is 16.5. The molecule has 3 heterocycles. The van der Waals surface area contributed by atoms with Crippen LogP contribution in [-0.4, -0.2) is 52.2 Å². The predicted molar refractivity (Wildman–Crippen MR) is 128 cm³/mol. The Balaban J connectivity index is 1.39. The maximum atomic E-state index is 12.0. The number of carbonyl (C=O) groups excluding carboxylic acids is 1. The van der Waals surface area contributed by atoms with Crippen LogP contribution in [0.1, 0.15) is 30.2 Å². The lowest BCUT2D eigenvalue weighted by molar-refractivity contribution is -0.120. The van der Waals surface area contributed by atoms with Gasteiger partial charge in [-0.05, 0) is 42.7 Å². The number of piperazine rings is 1. The standard InChI is InChI=1S/C25H28N6O2/c1-30-15-21(17-6-5-7-18(14-17)33-2)28-23(30)11-10-22-27-20-9-4-3-8-19(20)25(29-22)31-13-12-26-24(32)16-31/h3-4,7-9,14-15H,5-6,10-13,16H2,1-2H3,(H,26,32). The molecule has 5 rings (SSSR count). The van der Waals surface area contributed by atoms with Crippen LogP contribution in [0.2, 0.25) is 0 Å². The summed E-state index contributed by atoms with van der Waals surface area (Å²) in [5.41, 5.74) is 3.09. The molecule has 2 aliphatic rings. The van der Waals surface area contributed by atoms with Crippen molar-refractivity contribution in [1.29, 1.82) is 0 Å². The van der Waals surface area contributed by atoms with Gasteiger partial charge in [0, 0.05) is 44.6 Å². The van der Waals surface area contributed by atoms with Crippen LogP contribution in [0.25, 0.3) is 16.5 Å². The number of nitrogens with one attached hydrogen (secondary N) is 1. The first-order valence-corrected chi connectivity index (χ1v) is 11.4. The van der Waals surface area contributed by atoms with Gasteiger partial charge in [-0.2, -0.15) is 0 Å². The number of anilines is 1. The van der Waals surface area contributed by atoms with Crippen LogP contribution >= 0.6 is 0 Å². The third kappa shape index (κ3) is 4.46. The number of ether oxygens (including phenoxy) is 1. The number of hydrogen-bond acceptors (Lipinski definition) is 6. The second-order valence-corrected chi connectivity index (χ2v) is 8.42. The molecule has 0 spiro atoms. The van der Waals surface area contributed by atoms with Crippen molar-refractivity contribution in [1.82, 2.24) is 24.8 Å². The zero-order valence-corrected chi connectivity index (χ0v) is 19.0. The van der Waals surface area contributed by atoms with Gasteiger partial charge in [-0.25, -0.2) is 15.0 Å². The van der Waals surface area contributed by atoms with Gasteiger partial charge in [0.15, 0.2) is 0 Å². The number of hydrogen-bond donors (Lipinski definition) is 1. The summed E-state index contributed by atoms with van der Waals surface area (Å²) in [5.74, 6) is 3.51. The minimum absolute atomic E-state index is 0.0227. The lowest BCUT2D eigenvalue weighted by Gasteiger charge is -2.28. The van der Waals surface area contributed by atoms with Crippen molar-refractivity contribution in [3.8, 4) is 0 Å². The summed E-state index contributed by atoms with van der Waals surface area (Å²) >= 11 is 0. The van der Waals surface area contributed by atoms with Gasteiger partial charge in [0.2, 0.25) is 5.91 Å². The van der Waals surface area contributed by atoms with E-state index in [9.17, 15) is 4.79 Å². The van der Waals surface area contributed by atoms with Crippen LogP contribution in [0.3, 0.4) is 0 Å². The number of benzene rings is 1. The molecule has 0 unspecified atom stereocenters. The van der Waals surface area contributed by atoms with Crippen LogP contribution in [0.5, 0.6) is 0 Å². The lowest BCUT2D eigenvalue weighted by Crippen LogP contribution is -2.48. The molecule has 170 valence electrons. The van der Waals surface area contributed by atoms with Gasteiger partial charge in [0.25, 0.3) is 0 Å². The van der Waals surface area contributed by atoms with Gasteiger partial charge in [0.1, 0.15) is 23.2 Å². The molecule has 1 N–H and O–H groups in total. The van der Waals surface area contributed by atoms with E-state index in [1.54, 1.807) is 7.11 Å². The highest BCUT2D eigenvalue weighted by Crippen LogP contribution is 2.27. The van der Waals surface area contributed by atoms with Crippen molar-refractivity contribution in [3.05, 3.63) is 65.7 Å². The zero-order valence-electron chi connectivity index (χ0n) is 19.0. The summed E-state index contributed by atoms with van der Waals surface area (Å²) in [5, 5.41) is 3.86. The summed E-state index contributed by atoms with van der Waals surface area (Å²) in [6, 6.07) is 7.99. The molecule has 33 heavy (non-hydrogen) atoms. The lowest BCUT2D eigenvalue weighted by atomic mass is 10.0. The number of allylic oxidation sites excluding steroid dienone is 3. The molecule has 1 aliphatic heterocycles. The van der Waals surface area contributed by atoms with Gasteiger partial charge >= 0.3 is 0 Å². The van der Waals surface area contributed by atoms with E-state index in [0.29, 0.717) is 19.5 Å². The van der Waals surface area contributed by atoms with E-state index in [2.05, 4.69) is 28.2 Å². The van der Waals surface area contributed by atoms with E-state index in [-0.39, 0.29) is 5.91 Å². The van der Waals surface area contributed by atoms with Crippen molar-refractivity contribution in [2.75, 3.05) is 31.6 Å². The Labute approximate surface area is 193 Å². The molecule has 8 heteroatoms. The average Bonchev–Trinajstić information content (AvgIpc) is 3.22. The fourth-order valence-corrected chi connectivity index (χ4v) is 4.41. The van der Waals surface area contributed by atoms with Crippen molar-refractivity contribution >= 4 is 28.2 Å². The highest BCUT2D eigenvalue weighted by Gasteiger charge is 2.21. The molecule has 0 saturated carbocycles. The second-order valence-electron chi connectivity index (χ2n) is 8.42. The normalized spacial score (nSPS) is 16.4. The summed E-state index contributed by atoms with van der Waals surface area (Å²) in [6.45, 7) is 1.68. The number of para-hydroxylation sites is 1. The molecular formula is C25H28N6O2. The number of aromatic nitrogens is 4. The van der Waals surface area contributed by atoms with E-state index in [1.807, 2.05) is 36.2 Å². The summed E-state index contributed by atoms with van der Waals surface area (Å²) in [4.78, 5) is 28.6. The molecule has 1 fully saturated rings. The minimum Gasteiger partial charge on any atom is -0.497 e. The molecular weight excluding hydrogens is 416 g/mol. The Morgan fingerprint density at radius 3 is 2.88 bits per heavy atom. The molecule has 3 aromatic rings. The smallest absolute Gasteiger partial charge is 0.239 e. The number of aryl methyl sites for hydroxylation is 3. The molecule has 1 amide bonds. The highest BCUT2D eigenvalue weighted by molar-refractivity contribution is 5.92. The number of nitrogens with zero attached hydrogens (tertiary/aromatic N) is 5.